The van der Waals surface area contributed by atoms with Gasteiger partial charge < -0.3 is 15.4 Å². The first-order chi connectivity index (χ1) is 14.0. The fourth-order valence-electron chi connectivity index (χ4n) is 3.21. The van der Waals surface area contributed by atoms with Crippen molar-refractivity contribution in [2.45, 2.75) is 20.3 Å². The highest BCUT2D eigenvalue weighted by atomic mass is 16.5. The molecule has 0 saturated carbocycles. The van der Waals surface area contributed by atoms with E-state index >= 15 is 0 Å². The van der Waals surface area contributed by atoms with Gasteiger partial charge in [0.1, 0.15) is 17.6 Å². The maximum atomic E-state index is 12.2. The molecule has 0 bridgehead atoms. The summed E-state index contributed by atoms with van der Waals surface area (Å²) in [5, 5.41) is 16.6. The maximum Gasteiger partial charge on any atom is 0.251 e. The van der Waals surface area contributed by atoms with Gasteiger partial charge in [-0.25, -0.2) is 4.98 Å². The lowest BCUT2D eigenvalue weighted by Crippen LogP contribution is -2.25. The second-order valence-electron chi connectivity index (χ2n) is 6.91. The van der Waals surface area contributed by atoms with Crippen molar-refractivity contribution in [1.82, 2.24) is 10.3 Å². The van der Waals surface area contributed by atoms with Crippen LogP contribution in [0.5, 0.6) is 5.75 Å². The Labute approximate surface area is 170 Å². The molecule has 0 fully saturated rings. The summed E-state index contributed by atoms with van der Waals surface area (Å²) in [6.45, 7) is 5.16. The summed E-state index contributed by atoms with van der Waals surface area (Å²) in [6, 6.07) is 15.2. The molecule has 29 heavy (non-hydrogen) atoms. The zero-order chi connectivity index (χ0) is 20.8. The van der Waals surface area contributed by atoms with E-state index in [4.69, 9.17) is 4.74 Å². The van der Waals surface area contributed by atoms with Gasteiger partial charge in [0, 0.05) is 24.0 Å². The van der Waals surface area contributed by atoms with Gasteiger partial charge in [-0.2, -0.15) is 5.26 Å². The Hall–Kier alpha value is -3.59. The third-order valence-corrected chi connectivity index (χ3v) is 4.67. The number of anilines is 1. The third-order valence-electron chi connectivity index (χ3n) is 4.67. The number of hydrogen-bond acceptors (Lipinski definition) is 5. The van der Waals surface area contributed by atoms with Crippen molar-refractivity contribution in [2.24, 2.45) is 0 Å². The average molecular weight is 388 g/mol. The first kappa shape index (κ1) is 20.2. The molecule has 0 saturated heterocycles. The van der Waals surface area contributed by atoms with Crippen LogP contribution in [0.15, 0.2) is 42.5 Å². The van der Waals surface area contributed by atoms with E-state index < -0.39 is 0 Å². The van der Waals surface area contributed by atoms with Gasteiger partial charge in [0.25, 0.3) is 5.91 Å². The van der Waals surface area contributed by atoms with Crippen LogP contribution < -0.4 is 15.4 Å². The van der Waals surface area contributed by atoms with E-state index in [9.17, 15) is 10.1 Å². The minimum absolute atomic E-state index is 0.142. The van der Waals surface area contributed by atoms with E-state index in [1.165, 1.54) is 0 Å². The Morgan fingerprint density at radius 3 is 2.76 bits per heavy atom. The van der Waals surface area contributed by atoms with Crippen LogP contribution in [0.3, 0.4) is 0 Å². The van der Waals surface area contributed by atoms with Crippen molar-refractivity contribution >= 4 is 22.6 Å². The number of nitriles is 1. The van der Waals surface area contributed by atoms with Gasteiger partial charge in [-0.1, -0.05) is 12.1 Å². The molecule has 1 heterocycles. The molecule has 148 valence electrons. The van der Waals surface area contributed by atoms with Crippen molar-refractivity contribution in [2.75, 3.05) is 25.5 Å². The van der Waals surface area contributed by atoms with Crippen LogP contribution in [-0.2, 0) is 0 Å². The summed E-state index contributed by atoms with van der Waals surface area (Å²) in [7, 11) is 1.57. The van der Waals surface area contributed by atoms with E-state index in [0.717, 1.165) is 22.0 Å². The monoisotopic (exact) mass is 388 g/mol. The number of pyridine rings is 1. The first-order valence-corrected chi connectivity index (χ1v) is 9.50. The molecule has 6 nitrogen and oxygen atoms in total. The molecular weight excluding hydrogens is 364 g/mol. The molecule has 0 atom stereocenters. The summed E-state index contributed by atoms with van der Waals surface area (Å²) >= 11 is 0. The van der Waals surface area contributed by atoms with Crippen LogP contribution in [-0.4, -0.2) is 31.1 Å². The van der Waals surface area contributed by atoms with Crippen LogP contribution in [0.25, 0.3) is 10.9 Å². The molecule has 0 unspecified atom stereocenters. The standard InChI is InChI=1S/C23H24N4O2/c1-15-10-16(2)20-13-18(14-24)22(27-21(20)11-15)25-8-5-9-26-23(28)17-6-4-7-19(12-17)29-3/h4,6-7,10-13H,5,8-9H2,1-3H3,(H,25,27)(H,26,28). The fourth-order valence-corrected chi connectivity index (χ4v) is 3.21. The number of nitrogens with one attached hydrogen (secondary N) is 2. The van der Waals surface area contributed by atoms with E-state index in [1.807, 2.05) is 26.0 Å². The molecule has 6 heteroatoms. The number of amides is 1. The lowest BCUT2D eigenvalue weighted by atomic mass is 10.0. The number of nitrogens with zero attached hydrogens (tertiary/aromatic N) is 2. The summed E-state index contributed by atoms with van der Waals surface area (Å²) in [5.74, 6) is 1.08. The zero-order valence-electron chi connectivity index (χ0n) is 16.9. The minimum atomic E-state index is -0.142. The Morgan fingerprint density at radius 2 is 2.00 bits per heavy atom. The molecule has 0 spiro atoms. The summed E-state index contributed by atoms with van der Waals surface area (Å²) in [5.41, 5.74) is 4.19. The van der Waals surface area contributed by atoms with Crippen molar-refractivity contribution in [3.8, 4) is 11.8 Å². The molecule has 0 aliphatic rings. The Morgan fingerprint density at radius 1 is 1.17 bits per heavy atom. The van der Waals surface area contributed by atoms with Crippen LogP contribution in [0.2, 0.25) is 0 Å². The summed E-state index contributed by atoms with van der Waals surface area (Å²) in [6.07, 6.45) is 0.702. The minimum Gasteiger partial charge on any atom is -0.497 e. The number of hydrogen-bond donors (Lipinski definition) is 2. The normalized spacial score (nSPS) is 10.4. The molecule has 0 aliphatic carbocycles. The quantitative estimate of drug-likeness (QED) is 0.598. The van der Waals surface area contributed by atoms with E-state index in [2.05, 4.69) is 27.8 Å². The Kier molecular flexibility index (Phi) is 6.30. The van der Waals surface area contributed by atoms with Gasteiger partial charge in [0.2, 0.25) is 0 Å². The third kappa shape index (κ3) is 4.82. The van der Waals surface area contributed by atoms with Gasteiger partial charge in [-0.3, -0.25) is 4.79 Å². The zero-order valence-corrected chi connectivity index (χ0v) is 16.9. The van der Waals surface area contributed by atoms with Gasteiger partial charge in [0.05, 0.1) is 18.2 Å². The number of aryl methyl sites for hydroxylation is 2. The molecule has 2 aromatic carbocycles. The van der Waals surface area contributed by atoms with E-state index in [-0.39, 0.29) is 5.91 Å². The molecule has 1 aromatic heterocycles. The predicted molar refractivity (Wildman–Crippen MR) is 114 cm³/mol. The van der Waals surface area contributed by atoms with Crippen molar-refractivity contribution < 1.29 is 9.53 Å². The summed E-state index contributed by atoms with van der Waals surface area (Å²) < 4.78 is 5.14. The SMILES string of the molecule is COc1cccc(C(=O)NCCCNc2nc3cc(C)cc(C)c3cc2C#N)c1. The number of carbonyl (C=O) groups is 1. The largest absolute Gasteiger partial charge is 0.497 e. The number of fused-ring (bicyclic) bond motifs is 1. The smallest absolute Gasteiger partial charge is 0.251 e. The predicted octanol–water partition coefficient (Wildman–Crippen LogP) is 3.96. The summed E-state index contributed by atoms with van der Waals surface area (Å²) in [4.78, 5) is 16.8. The highest BCUT2D eigenvalue weighted by molar-refractivity contribution is 5.94. The molecule has 1 amide bonds. The highest BCUT2D eigenvalue weighted by Gasteiger charge is 2.09. The van der Waals surface area contributed by atoms with Crippen molar-refractivity contribution in [3.63, 3.8) is 0 Å². The Bertz CT molecular complexity index is 1090. The van der Waals surface area contributed by atoms with Crippen LogP contribution in [0.4, 0.5) is 5.82 Å². The van der Waals surface area contributed by atoms with Crippen LogP contribution in [0, 0.1) is 25.2 Å². The van der Waals surface area contributed by atoms with Crippen LogP contribution >= 0.6 is 0 Å². The van der Waals surface area contributed by atoms with Gasteiger partial charge in [0.15, 0.2) is 0 Å². The topological polar surface area (TPSA) is 87.0 Å². The van der Waals surface area contributed by atoms with Crippen LogP contribution in [0.1, 0.15) is 33.5 Å². The lowest BCUT2D eigenvalue weighted by Gasteiger charge is -2.11. The average Bonchev–Trinajstić information content (AvgIpc) is 2.72. The molecule has 3 aromatic rings. The highest BCUT2D eigenvalue weighted by Crippen LogP contribution is 2.24. The Balaban J connectivity index is 1.58. The first-order valence-electron chi connectivity index (χ1n) is 9.50. The number of ether oxygens (including phenoxy) is 1. The van der Waals surface area contributed by atoms with Gasteiger partial charge >= 0.3 is 0 Å². The molecule has 0 aliphatic heterocycles. The van der Waals surface area contributed by atoms with E-state index in [1.54, 1.807) is 31.4 Å². The maximum absolute atomic E-state index is 12.2. The number of carbonyl (C=O) groups excluding carboxylic acids is 1. The molecule has 0 radical (unpaired) electrons. The number of aromatic nitrogens is 1. The molecule has 2 N–H and O–H groups in total. The van der Waals surface area contributed by atoms with Crippen molar-refractivity contribution in [1.29, 1.82) is 5.26 Å². The number of benzene rings is 2. The van der Waals surface area contributed by atoms with E-state index in [0.29, 0.717) is 42.2 Å². The van der Waals surface area contributed by atoms with Crippen molar-refractivity contribution in [3.05, 3.63) is 64.7 Å². The number of methoxy groups -OCH3 is 1. The lowest BCUT2D eigenvalue weighted by molar-refractivity contribution is 0.0953. The fraction of sp³-hybridized carbons (Fsp3) is 0.261. The molecular formula is C23H24N4O2. The second-order valence-corrected chi connectivity index (χ2v) is 6.91. The molecule has 3 rings (SSSR count). The second kappa shape index (κ2) is 9.07. The van der Waals surface area contributed by atoms with Gasteiger partial charge in [-0.05, 0) is 61.7 Å². The number of rotatable bonds is 7. The van der Waals surface area contributed by atoms with Gasteiger partial charge in [-0.15, -0.1) is 0 Å².